The van der Waals surface area contributed by atoms with E-state index in [1.165, 1.54) is 0 Å². The Labute approximate surface area is 101 Å². The van der Waals surface area contributed by atoms with Crippen molar-refractivity contribution < 1.29 is 0 Å². The van der Waals surface area contributed by atoms with Gasteiger partial charge in [-0.05, 0) is 26.8 Å². The maximum Gasteiger partial charge on any atom is 0.203 e. The fourth-order valence-corrected chi connectivity index (χ4v) is 1.73. The van der Waals surface area contributed by atoms with E-state index in [9.17, 15) is 0 Å². The molecule has 0 spiro atoms. The first kappa shape index (κ1) is 11.6. The molecule has 0 aliphatic carbocycles. The van der Waals surface area contributed by atoms with Crippen LogP contribution in [-0.4, -0.2) is 26.1 Å². The van der Waals surface area contributed by atoms with Crippen molar-refractivity contribution in [2.75, 3.05) is 11.9 Å². The van der Waals surface area contributed by atoms with E-state index in [0.717, 1.165) is 29.7 Å². The van der Waals surface area contributed by atoms with Crippen LogP contribution < -0.4 is 5.32 Å². The van der Waals surface area contributed by atoms with Crippen LogP contribution in [0.3, 0.4) is 0 Å². The van der Waals surface area contributed by atoms with Gasteiger partial charge in [-0.15, -0.1) is 0 Å². The van der Waals surface area contributed by atoms with Crippen molar-refractivity contribution in [1.29, 1.82) is 0 Å². The van der Waals surface area contributed by atoms with Gasteiger partial charge in [0.25, 0.3) is 0 Å². The largest absolute Gasteiger partial charge is 0.356 e. The van der Waals surface area contributed by atoms with Crippen molar-refractivity contribution >= 4 is 5.95 Å². The molecule has 0 aromatic carbocycles. The average Bonchev–Trinajstić information content (AvgIpc) is 2.59. The van der Waals surface area contributed by atoms with E-state index in [1.54, 1.807) is 6.20 Å². The molecule has 2 heterocycles. The summed E-state index contributed by atoms with van der Waals surface area (Å²) in [7, 11) is 0. The number of anilines is 1. The number of aryl methyl sites for hydroxylation is 2. The predicted molar refractivity (Wildman–Crippen MR) is 67.0 cm³/mol. The van der Waals surface area contributed by atoms with Crippen LogP contribution in [0.25, 0.3) is 0 Å². The van der Waals surface area contributed by atoms with Crippen LogP contribution in [-0.2, 0) is 6.54 Å². The monoisotopic (exact) mass is 231 g/mol. The van der Waals surface area contributed by atoms with Gasteiger partial charge in [0.2, 0.25) is 5.95 Å². The van der Waals surface area contributed by atoms with Crippen LogP contribution in [0.5, 0.6) is 0 Å². The Kier molecular flexibility index (Phi) is 3.37. The Morgan fingerprint density at radius 3 is 2.82 bits per heavy atom. The highest BCUT2D eigenvalue weighted by Crippen LogP contribution is 2.10. The second kappa shape index (κ2) is 4.95. The van der Waals surface area contributed by atoms with E-state index >= 15 is 0 Å². The SMILES string of the molecule is CCNc1nc(C)cn1Cc1ccnc(C)n1. The third-order valence-corrected chi connectivity index (χ3v) is 2.40. The minimum atomic E-state index is 0.715. The van der Waals surface area contributed by atoms with Crippen LogP contribution in [0, 0.1) is 13.8 Å². The third kappa shape index (κ3) is 2.81. The molecule has 2 aromatic rings. The Morgan fingerprint density at radius 2 is 2.12 bits per heavy atom. The number of hydrogen-bond acceptors (Lipinski definition) is 4. The number of aromatic nitrogens is 4. The summed E-state index contributed by atoms with van der Waals surface area (Å²) in [5.74, 6) is 1.69. The van der Waals surface area contributed by atoms with Gasteiger partial charge >= 0.3 is 0 Å². The molecule has 0 radical (unpaired) electrons. The molecule has 0 saturated heterocycles. The van der Waals surface area contributed by atoms with Gasteiger partial charge in [0.05, 0.1) is 17.9 Å². The average molecular weight is 231 g/mol. The molecule has 0 saturated carbocycles. The lowest BCUT2D eigenvalue weighted by molar-refractivity contribution is 0.765. The van der Waals surface area contributed by atoms with E-state index in [0.29, 0.717) is 6.54 Å². The highest BCUT2D eigenvalue weighted by atomic mass is 15.2. The lowest BCUT2D eigenvalue weighted by Gasteiger charge is -2.07. The van der Waals surface area contributed by atoms with Crippen molar-refractivity contribution in [3.05, 3.63) is 35.7 Å². The van der Waals surface area contributed by atoms with Crippen molar-refractivity contribution in [3.63, 3.8) is 0 Å². The molecular weight excluding hydrogens is 214 g/mol. The van der Waals surface area contributed by atoms with Gasteiger partial charge < -0.3 is 9.88 Å². The topological polar surface area (TPSA) is 55.6 Å². The molecule has 0 atom stereocenters. The molecule has 0 unspecified atom stereocenters. The summed E-state index contributed by atoms with van der Waals surface area (Å²) in [4.78, 5) is 12.9. The first-order valence-electron chi connectivity index (χ1n) is 5.75. The third-order valence-electron chi connectivity index (χ3n) is 2.40. The summed E-state index contributed by atoms with van der Waals surface area (Å²) in [6.07, 6.45) is 3.81. The second-order valence-corrected chi connectivity index (χ2v) is 3.96. The molecule has 0 bridgehead atoms. The fourth-order valence-electron chi connectivity index (χ4n) is 1.73. The maximum absolute atomic E-state index is 4.43. The number of rotatable bonds is 4. The van der Waals surface area contributed by atoms with Crippen LogP contribution >= 0.6 is 0 Å². The first-order chi connectivity index (χ1) is 8.19. The summed E-state index contributed by atoms with van der Waals surface area (Å²) < 4.78 is 2.07. The summed E-state index contributed by atoms with van der Waals surface area (Å²) in [6, 6.07) is 1.93. The zero-order chi connectivity index (χ0) is 12.3. The van der Waals surface area contributed by atoms with Gasteiger partial charge in [-0.1, -0.05) is 0 Å². The number of nitrogens with zero attached hydrogens (tertiary/aromatic N) is 4. The van der Waals surface area contributed by atoms with Crippen LogP contribution in [0.2, 0.25) is 0 Å². The molecule has 0 amide bonds. The molecular formula is C12H17N5. The Hall–Kier alpha value is -1.91. The highest BCUT2D eigenvalue weighted by Gasteiger charge is 2.05. The normalized spacial score (nSPS) is 10.5. The molecule has 2 aromatic heterocycles. The smallest absolute Gasteiger partial charge is 0.203 e. The quantitative estimate of drug-likeness (QED) is 0.871. The second-order valence-electron chi connectivity index (χ2n) is 3.96. The molecule has 5 nitrogen and oxygen atoms in total. The van der Waals surface area contributed by atoms with E-state index < -0.39 is 0 Å². The lowest BCUT2D eigenvalue weighted by Crippen LogP contribution is -2.08. The number of imidazole rings is 1. The minimum absolute atomic E-state index is 0.715. The summed E-state index contributed by atoms with van der Waals surface area (Å²) in [5, 5.41) is 3.24. The maximum atomic E-state index is 4.43. The Bertz CT molecular complexity index is 503. The van der Waals surface area contributed by atoms with Crippen LogP contribution in [0.4, 0.5) is 5.95 Å². The van der Waals surface area contributed by atoms with Crippen molar-refractivity contribution in [2.45, 2.75) is 27.3 Å². The van der Waals surface area contributed by atoms with E-state index in [1.807, 2.05) is 26.1 Å². The molecule has 5 heteroatoms. The van der Waals surface area contributed by atoms with Crippen molar-refractivity contribution in [2.24, 2.45) is 0 Å². The van der Waals surface area contributed by atoms with Crippen molar-refractivity contribution in [1.82, 2.24) is 19.5 Å². The van der Waals surface area contributed by atoms with Gasteiger partial charge in [-0.2, -0.15) is 0 Å². The molecule has 90 valence electrons. The van der Waals surface area contributed by atoms with E-state index in [-0.39, 0.29) is 0 Å². The highest BCUT2D eigenvalue weighted by molar-refractivity contribution is 5.29. The van der Waals surface area contributed by atoms with E-state index in [2.05, 4.69) is 31.8 Å². The Morgan fingerprint density at radius 1 is 1.29 bits per heavy atom. The van der Waals surface area contributed by atoms with Gasteiger partial charge in [-0.3, -0.25) is 0 Å². The summed E-state index contributed by atoms with van der Waals surface area (Å²) >= 11 is 0. The van der Waals surface area contributed by atoms with Crippen LogP contribution in [0.15, 0.2) is 18.5 Å². The van der Waals surface area contributed by atoms with Gasteiger partial charge in [0.1, 0.15) is 5.82 Å². The predicted octanol–water partition coefficient (Wildman–Crippen LogP) is 1.77. The van der Waals surface area contributed by atoms with Gasteiger partial charge in [0.15, 0.2) is 0 Å². The minimum Gasteiger partial charge on any atom is -0.356 e. The molecule has 1 N–H and O–H groups in total. The van der Waals surface area contributed by atoms with Crippen LogP contribution in [0.1, 0.15) is 24.1 Å². The Balaban J connectivity index is 2.23. The van der Waals surface area contributed by atoms with Gasteiger partial charge in [0, 0.05) is 18.9 Å². The number of hydrogen-bond donors (Lipinski definition) is 1. The zero-order valence-electron chi connectivity index (χ0n) is 10.4. The lowest BCUT2D eigenvalue weighted by atomic mass is 10.4. The standard InChI is InChI=1S/C12H17N5/c1-4-13-12-15-9(2)7-17(12)8-11-5-6-14-10(3)16-11/h5-7H,4,8H2,1-3H3,(H,13,15). The van der Waals surface area contributed by atoms with E-state index in [4.69, 9.17) is 0 Å². The fraction of sp³-hybridized carbons (Fsp3) is 0.417. The van der Waals surface area contributed by atoms with Gasteiger partial charge in [-0.25, -0.2) is 15.0 Å². The zero-order valence-corrected chi connectivity index (χ0v) is 10.4. The van der Waals surface area contributed by atoms with Crippen molar-refractivity contribution in [3.8, 4) is 0 Å². The first-order valence-corrected chi connectivity index (χ1v) is 5.75. The summed E-state index contributed by atoms with van der Waals surface area (Å²) in [5.41, 5.74) is 2.00. The molecule has 17 heavy (non-hydrogen) atoms. The molecule has 0 aliphatic rings. The number of nitrogens with one attached hydrogen (secondary N) is 1. The molecule has 2 rings (SSSR count). The summed E-state index contributed by atoms with van der Waals surface area (Å²) in [6.45, 7) is 7.52. The molecule has 0 fully saturated rings. The molecule has 0 aliphatic heterocycles.